The Balaban J connectivity index is 1.91. The standard InChI is InChI=1S/C12H12N2O5/c15-11(7-19-12(16)8-5-6-8)13-9-3-1-2-4-10(9)14(17)18/h1-4,8H,5-7H2,(H,13,15). The van der Waals surface area contributed by atoms with Crippen molar-refractivity contribution in [3.8, 4) is 0 Å². The van der Waals surface area contributed by atoms with Crippen molar-refractivity contribution < 1.29 is 19.2 Å². The molecule has 0 aromatic heterocycles. The van der Waals surface area contributed by atoms with Crippen LogP contribution >= 0.6 is 0 Å². The van der Waals surface area contributed by atoms with Crippen LogP contribution in [-0.2, 0) is 14.3 Å². The van der Waals surface area contributed by atoms with Gasteiger partial charge < -0.3 is 10.1 Å². The second kappa shape index (κ2) is 5.47. The lowest BCUT2D eigenvalue weighted by atomic mass is 10.2. The van der Waals surface area contributed by atoms with Crippen LogP contribution < -0.4 is 5.32 Å². The molecule has 0 unspecified atom stereocenters. The summed E-state index contributed by atoms with van der Waals surface area (Å²) in [5, 5.41) is 13.1. The molecule has 7 heteroatoms. The normalized spacial score (nSPS) is 13.7. The predicted molar refractivity (Wildman–Crippen MR) is 65.4 cm³/mol. The van der Waals surface area contributed by atoms with Gasteiger partial charge in [0, 0.05) is 6.07 Å². The summed E-state index contributed by atoms with van der Waals surface area (Å²) in [5.74, 6) is -1.07. The molecule has 0 bridgehead atoms. The number of para-hydroxylation sites is 2. The summed E-state index contributed by atoms with van der Waals surface area (Å²) >= 11 is 0. The Morgan fingerprint density at radius 3 is 2.68 bits per heavy atom. The Morgan fingerprint density at radius 2 is 2.05 bits per heavy atom. The minimum Gasteiger partial charge on any atom is -0.455 e. The number of carbonyl (C=O) groups is 2. The number of rotatable bonds is 5. The monoisotopic (exact) mass is 264 g/mol. The Bertz CT molecular complexity index is 525. The summed E-state index contributed by atoms with van der Waals surface area (Å²) in [7, 11) is 0. The van der Waals surface area contributed by atoms with E-state index in [1.165, 1.54) is 18.2 Å². The van der Waals surface area contributed by atoms with E-state index in [0.29, 0.717) is 0 Å². The highest BCUT2D eigenvalue weighted by atomic mass is 16.6. The van der Waals surface area contributed by atoms with Gasteiger partial charge in [-0.15, -0.1) is 0 Å². The summed E-state index contributed by atoms with van der Waals surface area (Å²) in [5.41, 5.74) is -0.121. The van der Waals surface area contributed by atoms with Crippen LogP contribution in [0.1, 0.15) is 12.8 Å². The average Bonchev–Trinajstić information content (AvgIpc) is 3.20. The summed E-state index contributed by atoms with van der Waals surface area (Å²) < 4.78 is 4.78. The molecule has 1 aromatic rings. The van der Waals surface area contributed by atoms with Crippen molar-refractivity contribution in [2.24, 2.45) is 5.92 Å². The quantitative estimate of drug-likeness (QED) is 0.493. The number of amides is 1. The van der Waals surface area contributed by atoms with Crippen molar-refractivity contribution in [2.75, 3.05) is 11.9 Å². The number of nitro benzene ring substituents is 1. The van der Waals surface area contributed by atoms with E-state index in [1.807, 2.05) is 0 Å². The van der Waals surface area contributed by atoms with Crippen molar-refractivity contribution >= 4 is 23.3 Å². The van der Waals surface area contributed by atoms with Crippen molar-refractivity contribution in [3.63, 3.8) is 0 Å². The first-order valence-corrected chi connectivity index (χ1v) is 5.78. The summed E-state index contributed by atoms with van der Waals surface area (Å²) in [6, 6.07) is 5.77. The van der Waals surface area contributed by atoms with Gasteiger partial charge >= 0.3 is 5.97 Å². The summed E-state index contributed by atoms with van der Waals surface area (Å²) in [6.45, 7) is -0.429. The highest BCUT2D eigenvalue weighted by molar-refractivity contribution is 5.95. The van der Waals surface area contributed by atoms with Crippen molar-refractivity contribution in [1.29, 1.82) is 0 Å². The number of carbonyl (C=O) groups excluding carboxylic acids is 2. The number of esters is 1. The Hall–Kier alpha value is -2.44. The van der Waals surface area contributed by atoms with E-state index in [4.69, 9.17) is 4.74 Å². The number of hydrogen-bond donors (Lipinski definition) is 1. The summed E-state index contributed by atoms with van der Waals surface area (Å²) in [6.07, 6.45) is 1.59. The topological polar surface area (TPSA) is 98.5 Å². The average molecular weight is 264 g/mol. The van der Waals surface area contributed by atoms with E-state index in [1.54, 1.807) is 6.07 Å². The third-order valence-electron chi connectivity index (χ3n) is 2.63. The largest absolute Gasteiger partial charge is 0.455 e. The fraction of sp³-hybridized carbons (Fsp3) is 0.333. The zero-order valence-electron chi connectivity index (χ0n) is 10.00. The van der Waals surface area contributed by atoms with Gasteiger partial charge in [0.1, 0.15) is 5.69 Å². The number of anilines is 1. The predicted octanol–water partition coefficient (Wildman–Crippen LogP) is 1.49. The Kier molecular flexibility index (Phi) is 3.74. The molecule has 1 saturated carbocycles. The van der Waals surface area contributed by atoms with Crippen LogP contribution in [0.5, 0.6) is 0 Å². The van der Waals surface area contributed by atoms with E-state index in [0.717, 1.165) is 12.8 Å². The lowest BCUT2D eigenvalue weighted by Crippen LogP contribution is -2.21. The van der Waals surface area contributed by atoms with Gasteiger partial charge in [-0.05, 0) is 18.9 Å². The van der Waals surface area contributed by atoms with E-state index in [-0.39, 0.29) is 17.3 Å². The smallest absolute Gasteiger partial charge is 0.309 e. The first-order chi connectivity index (χ1) is 9.08. The highest BCUT2D eigenvalue weighted by Gasteiger charge is 2.31. The van der Waals surface area contributed by atoms with Gasteiger partial charge in [-0.1, -0.05) is 12.1 Å². The van der Waals surface area contributed by atoms with Crippen LogP contribution in [0.25, 0.3) is 0 Å². The Morgan fingerprint density at radius 1 is 1.37 bits per heavy atom. The number of nitro groups is 1. The van der Waals surface area contributed by atoms with E-state index in [2.05, 4.69) is 5.32 Å². The van der Waals surface area contributed by atoms with E-state index < -0.39 is 23.4 Å². The SMILES string of the molecule is O=C(COC(=O)C1CC1)Nc1ccccc1[N+](=O)[O-]. The molecule has 1 aliphatic rings. The third-order valence-corrected chi connectivity index (χ3v) is 2.63. The van der Waals surface area contributed by atoms with Crippen LogP contribution in [0.3, 0.4) is 0 Å². The molecular formula is C12H12N2O5. The lowest BCUT2D eigenvalue weighted by Gasteiger charge is -2.06. The third kappa shape index (κ3) is 3.51. The van der Waals surface area contributed by atoms with Gasteiger partial charge in [0.15, 0.2) is 6.61 Å². The van der Waals surface area contributed by atoms with Gasteiger partial charge in [0.25, 0.3) is 11.6 Å². The van der Waals surface area contributed by atoms with Gasteiger partial charge in [0.2, 0.25) is 0 Å². The number of ether oxygens (including phenoxy) is 1. The zero-order chi connectivity index (χ0) is 13.8. The molecule has 19 heavy (non-hydrogen) atoms. The maximum absolute atomic E-state index is 11.5. The molecule has 0 spiro atoms. The lowest BCUT2D eigenvalue weighted by molar-refractivity contribution is -0.383. The van der Waals surface area contributed by atoms with Crippen LogP contribution in [0.4, 0.5) is 11.4 Å². The zero-order valence-corrected chi connectivity index (χ0v) is 10.00. The maximum Gasteiger partial charge on any atom is 0.309 e. The van der Waals surface area contributed by atoms with E-state index in [9.17, 15) is 19.7 Å². The van der Waals surface area contributed by atoms with Gasteiger partial charge in [0.05, 0.1) is 10.8 Å². The van der Waals surface area contributed by atoms with Crippen molar-refractivity contribution in [3.05, 3.63) is 34.4 Å². The summed E-state index contributed by atoms with van der Waals surface area (Å²) in [4.78, 5) is 32.9. The van der Waals surface area contributed by atoms with Crippen molar-refractivity contribution in [1.82, 2.24) is 0 Å². The van der Waals surface area contributed by atoms with Crippen LogP contribution in [0.2, 0.25) is 0 Å². The molecule has 1 amide bonds. The second-order valence-corrected chi connectivity index (χ2v) is 4.20. The molecule has 0 radical (unpaired) electrons. The molecule has 1 aromatic carbocycles. The van der Waals surface area contributed by atoms with Gasteiger partial charge in [-0.2, -0.15) is 0 Å². The van der Waals surface area contributed by atoms with Gasteiger partial charge in [-0.3, -0.25) is 19.7 Å². The molecule has 2 rings (SSSR count). The molecule has 100 valence electrons. The molecule has 7 nitrogen and oxygen atoms in total. The molecule has 1 fully saturated rings. The molecular weight excluding hydrogens is 252 g/mol. The molecule has 0 saturated heterocycles. The maximum atomic E-state index is 11.5. The number of benzene rings is 1. The molecule has 0 aliphatic heterocycles. The Labute approximate surface area is 108 Å². The molecule has 1 aliphatic carbocycles. The number of hydrogen-bond acceptors (Lipinski definition) is 5. The van der Waals surface area contributed by atoms with Crippen LogP contribution in [0, 0.1) is 16.0 Å². The fourth-order valence-electron chi connectivity index (χ4n) is 1.50. The molecule has 1 N–H and O–H groups in total. The highest BCUT2D eigenvalue weighted by Crippen LogP contribution is 2.30. The minimum atomic E-state index is -0.594. The second-order valence-electron chi connectivity index (χ2n) is 4.20. The molecule has 0 heterocycles. The number of nitrogens with one attached hydrogen (secondary N) is 1. The first-order valence-electron chi connectivity index (χ1n) is 5.78. The van der Waals surface area contributed by atoms with Crippen LogP contribution in [0.15, 0.2) is 24.3 Å². The first kappa shape index (κ1) is 13.0. The molecule has 0 atom stereocenters. The van der Waals surface area contributed by atoms with E-state index >= 15 is 0 Å². The van der Waals surface area contributed by atoms with Gasteiger partial charge in [-0.25, -0.2) is 0 Å². The fourth-order valence-corrected chi connectivity index (χ4v) is 1.50. The van der Waals surface area contributed by atoms with Crippen molar-refractivity contribution in [2.45, 2.75) is 12.8 Å². The van der Waals surface area contributed by atoms with Crippen LogP contribution in [-0.4, -0.2) is 23.4 Å². The minimum absolute atomic E-state index is 0.0833. The number of nitrogens with zero attached hydrogens (tertiary/aromatic N) is 1.